The quantitative estimate of drug-likeness (QED) is 0.670. The molecule has 0 aliphatic carbocycles. The summed E-state index contributed by atoms with van der Waals surface area (Å²) in [7, 11) is 0. The van der Waals surface area contributed by atoms with Crippen LogP contribution >= 0.6 is 0 Å². The normalized spacial score (nSPS) is 30.6. The molecule has 2 rings (SSSR count). The summed E-state index contributed by atoms with van der Waals surface area (Å²) in [5.74, 6) is 0.191. The van der Waals surface area contributed by atoms with Crippen LogP contribution in [0.2, 0.25) is 0 Å². The van der Waals surface area contributed by atoms with Crippen LogP contribution in [0.3, 0.4) is 0 Å². The molecular formula is C12H21N3O2. The summed E-state index contributed by atoms with van der Waals surface area (Å²) in [6.07, 6.45) is 3.55. The van der Waals surface area contributed by atoms with Crippen molar-refractivity contribution in [2.45, 2.75) is 38.1 Å². The van der Waals surface area contributed by atoms with Gasteiger partial charge in [-0.05, 0) is 32.7 Å². The number of hydrogen-bond acceptors (Lipinski definition) is 3. The van der Waals surface area contributed by atoms with Crippen LogP contribution in [0.25, 0.3) is 0 Å². The Morgan fingerprint density at radius 3 is 2.82 bits per heavy atom. The van der Waals surface area contributed by atoms with E-state index in [1.807, 2.05) is 11.8 Å². The van der Waals surface area contributed by atoms with Gasteiger partial charge in [-0.3, -0.25) is 9.59 Å². The van der Waals surface area contributed by atoms with Crippen molar-refractivity contribution >= 4 is 11.8 Å². The van der Waals surface area contributed by atoms with E-state index in [0.29, 0.717) is 26.1 Å². The molecule has 1 unspecified atom stereocenters. The lowest BCUT2D eigenvalue weighted by Gasteiger charge is -2.37. The van der Waals surface area contributed by atoms with Gasteiger partial charge in [0, 0.05) is 26.1 Å². The van der Waals surface area contributed by atoms with Crippen LogP contribution in [0.5, 0.6) is 0 Å². The van der Waals surface area contributed by atoms with E-state index in [2.05, 4.69) is 10.6 Å². The molecule has 17 heavy (non-hydrogen) atoms. The highest BCUT2D eigenvalue weighted by molar-refractivity contribution is 5.87. The number of amides is 2. The highest BCUT2D eigenvalue weighted by Crippen LogP contribution is 2.21. The van der Waals surface area contributed by atoms with E-state index in [4.69, 9.17) is 0 Å². The number of carbonyl (C=O) groups is 2. The van der Waals surface area contributed by atoms with Gasteiger partial charge in [-0.2, -0.15) is 0 Å². The van der Waals surface area contributed by atoms with Crippen molar-refractivity contribution in [3.63, 3.8) is 0 Å². The molecule has 5 heteroatoms. The third kappa shape index (κ3) is 2.77. The third-order valence-electron chi connectivity index (χ3n) is 3.69. The standard InChI is InChI=1S/C12H21N3O2/c1-12(5-2-3-6-14-12)11(17)15-8-4-10(16)13-7-9-15/h14H,2-9H2,1H3,(H,13,16). The number of rotatable bonds is 1. The molecule has 0 aromatic rings. The Labute approximate surface area is 102 Å². The van der Waals surface area contributed by atoms with Gasteiger partial charge in [0.05, 0.1) is 5.54 Å². The molecule has 0 radical (unpaired) electrons. The van der Waals surface area contributed by atoms with Crippen molar-refractivity contribution in [2.75, 3.05) is 26.2 Å². The second kappa shape index (κ2) is 5.04. The number of hydrogen-bond donors (Lipinski definition) is 2. The van der Waals surface area contributed by atoms with Crippen LogP contribution < -0.4 is 10.6 Å². The predicted molar refractivity (Wildman–Crippen MR) is 64.5 cm³/mol. The van der Waals surface area contributed by atoms with E-state index < -0.39 is 5.54 Å². The van der Waals surface area contributed by atoms with E-state index >= 15 is 0 Å². The Morgan fingerprint density at radius 1 is 1.29 bits per heavy atom. The van der Waals surface area contributed by atoms with Gasteiger partial charge in [-0.15, -0.1) is 0 Å². The SMILES string of the molecule is CC1(C(=O)N2CCNC(=O)CC2)CCCCN1. The van der Waals surface area contributed by atoms with Gasteiger partial charge >= 0.3 is 0 Å². The topological polar surface area (TPSA) is 61.4 Å². The summed E-state index contributed by atoms with van der Waals surface area (Å²) >= 11 is 0. The number of carbonyl (C=O) groups excluding carboxylic acids is 2. The zero-order valence-electron chi connectivity index (χ0n) is 10.4. The van der Waals surface area contributed by atoms with E-state index in [-0.39, 0.29) is 11.8 Å². The van der Waals surface area contributed by atoms with Crippen molar-refractivity contribution in [3.8, 4) is 0 Å². The number of piperidine rings is 1. The summed E-state index contributed by atoms with van der Waals surface area (Å²) in [5, 5.41) is 6.12. The van der Waals surface area contributed by atoms with Crippen LogP contribution in [0.15, 0.2) is 0 Å². The van der Waals surface area contributed by atoms with Gasteiger partial charge in [0.1, 0.15) is 0 Å². The highest BCUT2D eigenvalue weighted by atomic mass is 16.2. The largest absolute Gasteiger partial charge is 0.354 e. The lowest BCUT2D eigenvalue weighted by molar-refractivity contribution is -0.138. The van der Waals surface area contributed by atoms with Gasteiger partial charge < -0.3 is 15.5 Å². The summed E-state index contributed by atoms with van der Waals surface area (Å²) in [6, 6.07) is 0. The van der Waals surface area contributed by atoms with Crippen molar-refractivity contribution in [2.24, 2.45) is 0 Å². The second-order valence-electron chi connectivity index (χ2n) is 5.11. The van der Waals surface area contributed by atoms with Crippen molar-refractivity contribution in [3.05, 3.63) is 0 Å². The predicted octanol–water partition coefficient (Wildman–Crippen LogP) is -0.133. The van der Waals surface area contributed by atoms with Gasteiger partial charge in [-0.1, -0.05) is 0 Å². The molecule has 96 valence electrons. The molecule has 2 aliphatic heterocycles. The lowest BCUT2D eigenvalue weighted by atomic mass is 9.89. The molecule has 0 saturated carbocycles. The number of nitrogens with one attached hydrogen (secondary N) is 2. The van der Waals surface area contributed by atoms with Crippen LogP contribution in [0, 0.1) is 0 Å². The average molecular weight is 239 g/mol. The molecule has 2 saturated heterocycles. The molecule has 5 nitrogen and oxygen atoms in total. The van der Waals surface area contributed by atoms with E-state index in [1.165, 1.54) is 0 Å². The first-order valence-electron chi connectivity index (χ1n) is 6.43. The maximum atomic E-state index is 12.5. The van der Waals surface area contributed by atoms with Crippen LogP contribution in [-0.4, -0.2) is 48.4 Å². The smallest absolute Gasteiger partial charge is 0.242 e. The minimum atomic E-state index is -0.425. The van der Waals surface area contributed by atoms with E-state index in [9.17, 15) is 9.59 Å². The minimum Gasteiger partial charge on any atom is -0.354 e. The molecule has 0 bridgehead atoms. The van der Waals surface area contributed by atoms with Crippen molar-refractivity contribution in [1.29, 1.82) is 0 Å². The van der Waals surface area contributed by atoms with Gasteiger partial charge in [0.15, 0.2) is 0 Å². The Kier molecular flexibility index (Phi) is 3.66. The zero-order chi connectivity index (χ0) is 12.3. The summed E-state index contributed by atoms with van der Waals surface area (Å²) in [4.78, 5) is 25.5. The van der Waals surface area contributed by atoms with Crippen LogP contribution in [-0.2, 0) is 9.59 Å². The monoisotopic (exact) mass is 239 g/mol. The average Bonchev–Trinajstić information content (AvgIpc) is 2.54. The van der Waals surface area contributed by atoms with E-state index in [1.54, 1.807) is 0 Å². The zero-order valence-corrected chi connectivity index (χ0v) is 10.4. The third-order valence-corrected chi connectivity index (χ3v) is 3.69. The Bertz CT molecular complexity index is 311. The number of nitrogens with zero attached hydrogens (tertiary/aromatic N) is 1. The first-order chi connectivity index (χ1) is 8.12. The summed E-state index contributed by atoms with van der Waals surface area (Å²) in [5.41, 5.74) is -0.425. The van der Waals surface area contributed by atoms with Crippen molar-refractivity contribution in [1.82, 2.24) is 15.5 Å². The highest BCUT2D eigenvalue weighted by Gasteiger charge is 2.37. The maximum absolute atomic E-state index is 12.5. The molecule has 1 atom stereocenters. The fraction of sp³-hybridized carbons (Fsp3) is 0.833. The minimum absolute atomic E-state index is 0.0436. The maximum Gasteiger partial charge on any atom is 0.242 e. The first-order valence-corrected chi connectivity index (χ1v) is 6.43. The molecule has 2 fully saturated rings. The van der Waals surface area contributed by atoms with Crippen LogP contribution in [0.1, 0.15) is 32.6 Å². The fourth-order valence-corrected chi connectivity index (χ4v) is 2.56. The fourth-order valence-electron chi connectivity index (χ4n) is 2.56. The molecule has 0 aromatic carbocycles. The molecule has 2 N–H and O–H groups in total. The molecular weight excluding hydrogens is 218 g/mol. The Hall–Kier alpha value is -1.10. The summed E-state index contributed by atoms with van der Waals surface area (Å²) < 4.78 is 0. The molecule has 2 aliphatic rings. The van der Waals surface area contributed by atoms with Gasteiger partial charge in [0.25, 0.3) is 0 Å². The Morgan fingerprint density at radius 2 is 2.12 bits per heavy atom. The molecule has 0 aromatic heterocycles. The molecule has 2 amide bonds. The summed E-state index contributed by atoms with van der Waals surface area (Å²) in [6.45, 7) is 4.63. The molecule has 0 spiro atoms. The van der Waals surface area contributed by atoms with E-state index in [0.717, 1.165) is 25.8 Å². The van der Waals surface area contributed by atoms with Crippen molar-refractivity contribution < 1.29 is 9.59 Å². The lowest BCUT2D eigenvalue weighted by Crippen LogP contribution is -2.58. The second-order valence-corrected chi connectivity index (χ2v) is 5.11. The Balaban J connectivity index is 2.00. The van der Waals surface area contributed by atoms with Gasteiger partial charge in [0.2, 0.25) is 11.8 Å². The van der Waals surface area contributed by atoms with Gasteiger partial charge in [-0.25, -0.2) is 0 Å². The first kappa shape index (κ1) is 12.4. The molecule has 2 heterocycles. The van der Waals surface area contributed by atoms with Crippen LogP contribution in [0.4, 0.5) is 0 Å².